The molecule has 8 heteroatoms. The molecule has 3 aliphatic heterocycles. The predicted molar refractivity (Wildman–Crippen MR) is 113 cm³/mol. The molecular weight excluding hydrogens is 402 g/mol. The monoisotopic (exact) mass is 425 g/mol. The Morgan fingerprint density at radius 3 is 2.50 bits per heavy atom. The highest BCUT2D eigenvalue weighted by Gasteiger charge is 2.64. The third-order valence-electron chi connectivity index (χ3n) is 7.16. The smallest absolute Gasteiger partial charge is 0.253 e. The molecule has 30 heavy (non-hydrogen) atoms. The van der Waals surface area contributed by atoms with E-state index in [1.807, 2.05) is 4.90 Å². The van der Waals surface area contributed by atoms with Gasteiger partial charge in [-0.1, -0.05) is 17.7 Å². The number of halogens is 1. The number of benzene rings is 1. The van der Waals surface area contributed by atoms with E-state index in [-0.39, 0.29) is 17.2 Å². The SMILES string of the molecule is O=C(c1cccc(Cl)c1)N1CCC2(CC1)CN(c1ncccn1)CC21CCNC1=O. The number of anilines is 1. The maximum Gasteiger partial charge on any atom is 0.253 e. The van der Waals surface area contributed by atoms with Gasteiger partial charge in [0.1, 0.15) is 0 Å². The number of carbonyl (C=O) groups excluding carboxylic acids is 2. The number of fused-ring (bicyclic) bond motifs is 1. The van der Waals surface area contributed by atoms with Gasteiger partial charge in [-0.2, -0.15) is 0 Å². The van der Waals surface area contributed by atoms with Gasteiger partial charge < -0.3 is 15.1 Å². The Labute approximate surface area is 180 Å². The predicted octanol–water partition coefficient (Wildman–Crippen LogP) is 2.38. The lowest BCUT2D eigenvalue weighted by Gasteiger charge is -2.46. The van der Waals surface area contributed by atoms with Crippen molar-refractivity contribution >= 4 is 29.4 Å². The van der Waals surface area contributed by atoms with Crippen molar-refractivity contribution in [1.29, 1.82) is 0 Å². The molecule has 1 atom stereocenters. The van der Waals surface area contributed by atoms with Crippen molar-refractivity contribution in [3.63, 3.8) is 0 Å². The molecule has 3 saturated heterocycles. The van der Waals surface area contributed by atoms with Gasteiger partial charge in [0.05, 0.1) is 5.41 Å². The minimum Gasteiger partial charge on any atom is -0.356 e. The fourth-order valence-corrected chi connectivity index (χ4v) is 5.76. The minimum atomic E-state index is -0.447. The average molecular weight is 426 g/mol. The molecule has 1 aromatic heterocycles. The van der Waals surface area contributed by atoms with E-state index in [1.165, 1.54) is 0 Å². The number of amides is 2. The lowest BCUT2D eigenvalue weighted by molar-refractivity contribution is -0.133. The Bertz CT molecular complexity index is 977. The average Bonchev–Trinajstić information content (AvgIpc) is 3.30. The van der Waals surface area contributed by atoms with Gasteiger partial charge in [0.2, 0.25) is 11.9 Å². The van der Waals surface area contributed by atoms with Crippen LogP contribution in [0.25, 0.3) is 0 Å². The van der Waals surface area contributed by atoms with Gasteiger partial charge in [-0.3, -0.25) is 9.59 Å². The van der Waals surface area contributed by atoms with Crippen LogP contribution in [0.2, 0.25) is 5.02 Å². The second-order valence-electron chi connectivity index (χ2n) is 8.58. The first-order chi connectivity index (χ1) is 14.5. The van der Waals surface area contributed by atoms with Crippen LogP contribution < -0.4 is 10.2 Å². The first-order valence-corrected chi connectivity index (χ1v) is 10.8. The van der Waals surface area contributed by atoms with E-state index in [0.29, 0.717) is 42.7 Å². The highest BCUT2D eigenvalue weighted by Crippen LogP contribution is 2.56. The maximum absolute atomic E-state index is 13.0. The Morgan fingerprint density at radius 2 is 1.83 bits per heavy atom. The third-order valence-corrected chi connectivity index (χ3v) is 7.39. The fourth-order valence-electron chi connectivity index (χ4n) is 5.57. The molecule has 3 aliphatic rings. The van der Waals surface area contributed by atoms with Crippen LogP contribution in [-0.4, -0.2) is 59.4 Å². The van der Waals surface area contributed by atoms with Crippen molar-refractivity contribution in [1.82, 2.24) is 20.2 Å². The molecule has 3 fully saturated rings. The summed E-state index contributed by atoms with van der Waals surface area (Å²) in [7, 11) is 0. The summed E-state index contributed by atoms with van der Waals surface area (Å²) in [5.74, 6) is 0.806. The molecular formula is C22H24ClN5O2. The van der Waals surface area contributed by atoms with E-state index in [0.717, 1.165) is 25.8 Å². The number of piperidine rings is 1. The van der Waals surface area contributed by atoms with Crippen molar-refractivity contribution in [3.05, 3.63) is 53.3 Å². The van der Waals surface area contributed by atoms with Crippen molar-refractivity contribution in [2.75, 3.05) is 37.6 Å². The highest BCUT2D eigenvalue weighted by atomic mass is 35.5. The van der Waals surface area contributed by atoms with Crippen molar-refractivity contribution < 1.29 is 9.59 Å². The van der Waals surface area contributed by atoms with Crippen molar-refractivity contribution in [2.24, 2.45) is 10.8 Å². The second-order valence-corrected chi connectivity index (χ2v) is 9.01. The summed E-state index contributed by atoms with van der Waals surface area (Å²) >= 11 is 6.07. The molecule has 0 aliphatic carbocycles. The minimum absolute atomic E-state index is 0.00137. The number of hydrogen-bond acceptors (Lipinski definition) is 5. The van der Waals surface area contributed by atoms with Crippen LogP contribution in [0, 0.1) is 10.8 Å². The summed E-state index contributed by atoms with van der Waals surface area (Å²) in [5.41, 5.74) is -0.0209. The Morgan fingerprint density at radius 1 is 1.07 bits per heavy atom. The van der Waals surface area contributed by atoms with E-state index in [9.17, 15) is 9.59 Å². The summed E-state index contributed by atoms with van der Waals surface area (Å²) in [6, 6.07) is 8.88. The molecule has 1 N–H and O–H groups in total. The van der Waals surface area contributed by atoms with Gasteiger partial charge >= 0.3 is 0 Å². The number of hydrogen-bond donors (Lipinski definition) is 1. The van der Waals surface area contributed by atoms with Gasteiger partial charge in [-0.15, -0.1) is 0 Å². The van der Waals surface area contributed by atoms with Crippen LogP contribution in [0.3, 0.4) is 0 Å². The number of carbonyl (C=O) groups is 2. The van der Waals surface area contributed by atoms with Gasteiger partial charge in [-0.25, -0.2) is 9.97 Å². The Hall–Kier alpha value is -2.67. The zero-order valence-corrected chi connectivity index (χ0v) is 17.4. The number of nitrogens with zero attached hydrogens (tertiary/aromatic N) is 4. The summed E-state index contributed by atoms with van der Waals surface area (Å²) in [6.07, 6.45) is 5.87. The number of likely N-dealkylation sites (tertiary alicyclic amines) is 1. The fraction of sp³-hybridized carbons (Fsp3) is 0.455. The topological polar surface area (TPSA) is 78.4 Å². The lowest BCUT2D eigenvalue weighted by Crippen LogP contribution is -2.53. The molecule has 0 saturated carbocycles. The van der Waals surface area contributed by atoms with E-state index >= 15 is 0 Å². The van der Waals surface area contributed by atoms with Gasteiger partial charge in [-0.05, 0) is 43.5 Å². The number of aromatic nitrogens is 2. The van der Waals surface area contributed by atoms with E-state index in [4.69, 9.17) is 11.6 Å². The maximum atomic E-state index is 13.0. The molecule has 5 rings (SSSR count). The molecule has 1 aromatic carbocycles. The largest absolute Gasteiger partial charge is 0.356 e. The molecule has 7 nitrogen and oxygen atoms in total. The van der Waals surface area contributed by atoms with Crippen LogP contribution in [0.4, 0.5) is 5.95 Å². The van der Waals surface area contributed by atoms with Crippen LogP contribution in [-0.2, 0) is 4.79 Å². The summed E-state index contributed by atoms with van der Waals surface area (Å²) < 4.78 is 0. The molecule has 2 spiro atoms. The molecule has 2 amide bonds. The van der Waals surface area contributed by atoms with Crippen LogP contribution in [0.1, 0.15) is 29.6 Å². The molecule has 2 aromatic rings. The van der Waals surface area contributed by atoms with E-state index in [2.05, 4.69) is 20.2 Å². The summed E-state index contributed by atoms with van der Waals surface area (Å²) in [4.78, 5) is 38.9. The number of nitrogens with one attached hydrogen (secondary N) is 1. The Balaban J connectivity index is 1.39. The van der Waals surface area contributed by atoms with Crippen LogP contribution >= 0.6 is 11.6 Å². The summed E-state index contributed by atoms with van der Waals surface area (Å²) in [6.45, 7) is 3.33. The van der Waals surface area contributed by atoms with Crippen LogP contribution in [0.5, 0.6) is 0 Å². The molecule has 0 radical (unpaired) electrons. The summed E-state index contributed by atoms with van der Waals surface area (Å²) in [5, 5.41) is 3.62. The highest BCUT2D eigenvalue weighted by molar-refractivity contribution is 6.30. The standard InChI is InChI=1S/C22H24ClN5O2/c23-17-4-1-3-16(13-17)18(29)27-11-6-21(7-12-27)14-28(20-25-8-2-9-26-20)15-22(21)5-10-24-19(22)30/h1-4,8-9,13H,5-7,10-12,14-15H2,(H,24,30). The zero-order chi connectivity index (χ0) is 20.8. The van der Waals surface area contributed by atoms with E-state index < -0.39 is 5.41 Å². The Kier molecular flexibility index (Phi) is 4.65. The molecule has 0 bridgehead atoms. The second kappa shape index (κ2) is 7.23. The van der Waals surface area contributed by atoms with Gasteiger partial charge in [0.15, 0.2) is 0 Å². The first kappa shape index (κ1) is 19.3. The molecule has 156 valence electrons. The van der Waals surface area contributed by atoms with E-state index in [1.54, 1.807) is 42.7 Å². The molecule has 4 heterocycles. The quantitative estimate of drug-likeness (QED) is 0.799. The third kappa shape index (κ3) is 2.95. The number of rotatable bonds is 2. The normalized spacial score (nSPS) is 25.2. The van der Waals surface area contributed by atoms with Gasteiger partial charge in [0.25, 0.3) is 5.91 Å². The van der Waals surface area contributed by atoms with Crippen LogP contribution in [0.15, 0.2) is 42.7 Å². The molecule has 1 unspecified atom stereocenters. The van der Waals surface area contributed by atoms with Gasteiger partial charge in [0, 0.05) is 61.1 Å². The zero-order valence-electron chi connectivity index (χ0n) is 16.7. The lowest BCUT2D eigenvalue weighted by atomic mass is 9.60. The first-order valence-electron chi connectivity index (χ1n) is 10.4. The van der Waals surface area contributed by atoms with Crippen molar-refractivity contribution in [2.45, 2.75) is 19.3 Å². The van der Waals surface area contributed by atoms with Crippen molar-refractivity contribution in [3.8, 4) is 0 Å².